The van der Waals surface area contributed by atoms with Crippen LogP contribution in [-0.4, -0.2) is 27.6 Å². The Morgan fingerprint density at radius 1 is 0.605 bits per heavy atom. The summed E-state index contributed by atoms with van der Waals surface area (Å²) in [4.78, 5) is 45.3. The van der Waals surface area contributed by atoms with Gasteiger partial charge in [0.1, 0.15) is 0 Å². The summed E-state index contributed by atoms with van der Waals surface area (Å²) in [6.07, 6.45) is 0. The van der Waals surface area contributed by atoms with Gasteiger partial charge in [0.25, 0.3) is 11.8 Å². The molecule has 4 amide bonds. The molecule has 1 heterocycles. The van der Waals surface area contributed by atoms with E-state index in [2.05, 4.69) is 0 Å². The van der Waals surface area contributed by atoms with E-state index < -0.39 is 23.4 Å². The van der Waals surface area contributed by atoms with Crippen LogP contribution >= 0.6 is 0 Å². The van der Waals surface area contributed by atoms with E-state index in [0.717, 1.165) is 15.8 Å². The summed E-state index contributed by atoms with van der Waals surface area (Å²) in [5.41, 5.74) is 0.878. The monoisotopic (exact) mass is 496 g/mol. The first-order valence-electron chi connectivity index (χ1n) is 12.5. The Morgan fingerprint density at radius 3 is 1.76 bits per heavy atom. The largest absolute Gasteiger partial charge is 0.335 e. The van der Waals surface area contributed by atoms with Crippen LogP contribution in [0.15, 0.2) is 133 Å². The number of benzene rings is 5. The number of carbonyl (C=O) groups excluding carboxylic acids is 3. The number of rotatable bonds is 5. The Labute approximate surface area is 220 Å². The van der Waals surface area contributed by atoms with Gasteiger partial charge < -0.3 is 0 Å². The van der Waals surface area contributed by atoms with Gasteiger partial charge in [-0.25, -0.2) is 4.79 Å². The lowest BCUT2D eigenvalue weighted by atomic mass is 9.81. The Balaban J connectivity index is 1.58. The molecule has 0 aliphatic carbocycles. The molecule has 0 N–H and O–H groups in total. The number of carbonyl (C=O) groups is 3. The molecule has 0 spiro atoms. The molecule has 0 radical (unpaired) electrons. The Bertz CT molecular complexity index is 1610. The van der Waals surface area contributed by atoms with Gasteiger partial charge in [0.05, 0.1) is 0 Å². The molecule has 0 aromatic heterocycles. The number of nitrogens with zero attached hydrogens (tertiary/aromatic N) is 2. The number of fused-ring (bicyclic) bond motifs is 1. The summed E-state index contributed by atoms with van der Waals surface area (Å²) >= 11 is 0. The van der Waals surface area contributed by atoms with E-state index in [1.165, 1.54) is 4.90 Å². The predicted molar refractivity (Wildman–Crippen MR) is 146 cm³/mol. The van der Waals surface area contributed by atoms with Crippen LogP contribution in [0.1, 0.15) is 27.0 Å². The van der Waals surface area contributed by atoms with Crippen LogP contribution in [0.3, 0.4) is 0 Å². The summed E-state index contributed by atoms with van der Waals surface area (Å²) in [6, 6.07) is 40.1. The smallest absolute Gasteiger partial charge is 0.297 e. The van der Waals surface area contributed by atoms with E-state index in [4.69, 9.17) is 0 Å². The number of urea groups is 1. The first kappa shape index (κ1) is 23.4. The van der Waals surface area contributed by atoms with E-state index >= 15 is 0 Å². The Kier molecular flexibility index (Phi) is 5.81. The second-order valence-corrected chi connectivity index (χ2v) is 9.27. The molecular weight excluding hydrogens is 472 g/mol. The molecule has 5 heteroatoms. The molecular formula is C33H24N2O3. The van der Waals surface area contributed by atoms with Crippen molar-refractivity contribution in [2.75, 3.05) is 0 Å². The van der Waals surface area contributed by atoms with Crippen molar-refractivity contribution < 1.29 is 14.4 Å². The summed E-state index contributed by atoms with van der Waals surface area (Å²) in [5, 5.41) is 1.54. The van der Waals surface area contributed by atoms with Gasteiger partial charge in [-0.15, -0.1) is 0 Å². The van der Waals surface area contributed by atoms with Crippen molar-refractivity contribution in [3.8, 4) is 0 Å². The minimum atomic E-state index is -1.52. The van der Waals surface area contributed by atoms with Gasteiger partial charge in [0.2, 0.25) is 0 Å². The van der Waals surface area contributed by atoms with Gasteiger partial charge in [0, 0.05) is 12.1 Å². The van der Waals surface area contributed by atoms with Gasteiger partial charge in [-0.3, -0.25) is 14.5 Å². The van der Waals surface area contributed by atoms with Crippen molar-refractivity contribution in [1.82, 2.24) is 9.80 Å². The van der Waals surface area contributed by atoms with Crippen LogP contribution in [0.5, 0.6) is 0 Å². The van der Waals surface area contributed by atoms with E-state index in [0.29, 0.717) is 22.1 Å². The van der Waals surface area contributed by atoms with E-state index in [-0.39, 0.29) is 6.54 Å². The fourth-order valence-corrected chi connectivity index (χ4v) is 5.38. The first-order valence-corrected chi connectivity index (χ1v) is 12.5. The molecule has 0 bridgehead atoms. The molecule has 1 saturated heterocycles. The third-order valence-electron chi connectivity index (χ3n) is 7.13. The summed E-state index contributed by atoms with van der Waals surface area (Å²) in [5.74, 6) is -1.22. The molecule has 5 aromatic carbocycles. The molecule has 1 fully saturated rings. The molecule has 5 aromatic rings. The summed E-state index contributed by atoms with van der Waals surface area (Å²) in [6.45, 7) is 0.147. The Hall–Kier alpha value is -5.03. The highest BCUT2D eigenvalue weighted by Crippen LogP contribution is 2.44. The van der Waals surface area contributed by atoms with Gasteiger partial charge >= 0.3 is 6.03 Å². The zero-order valence-corrected chi connectivity index (χ0v) is 20.5. The minimum Gasteiger partial charge on any atom is -0.297 e. The van der Waals surface area contributed by atoms with Gasteiger partial charge in [-0.05, 0) is 33.5 Å². The maximum atomic E-state index is 14.6. The normalized spacial score (nSPS) is 14.7. The number of hydrogen-bond donors (Lipinski definition) is 0. The van der Waals surface area contributed by atoms with Crippen molar-refractivity contribution in [3.63, 3.8) is 0 Å². The lowest BCUT2D eigenvalue weighted by molar-refractivity contribution is -0.130. The average Bonchev–Trinajstić information content (AvgIpc) is 3.20. The third kappa shape index (κ3) is 3.59. The van der Waals surface area contributed by atoms with Gasteiger partial charge in [-0.2, -0.15) is 4.90 Å². The fourth-order valence-electron chi connectivity index (χ4n) is 5.38. The van der Waals surface area contributed by atoms with Crippen LogP contribution in [0, 0.1) is 0 Å². The fraction of sp³-hybridized carbons (Fsp3) is 0.0606. The maximum absolute atomic E-state index is 14.6. The lowest BCUT2D eigenvalue weighted by Gasteiger charge is -2.36. The quantitative estimate of drug-likeness (QED) is 0.209. The molecule has 0 unspecified atom stereocenters. The zero-order valence-electron chi connectivity index (χ0n) is 20.5. The van der Waals surface area contributed by atoms with E-state index in [1.54, 1.807) is 12.1 Å². The molecule has 6 rings (SSSR count). The number of amides is 4. The van der Waals surface area contributed by atoms with E-state index in [9.17, 15) is 14.4 Å². The van der Waals surface area contributed by atoms with Crippen molar-refractivity contribution >= 4 is 28.6 Å². The molecule has 184 valence electrons. The highest BCUT2D eigenvalue weighted by atomic mass is 16.2. The van der Waals surface area contributed by atoms with Crippen LogP contribution in [0.2, 0.25) is 0 Å². The molecule has 1 aliphatic heterocycles. The van der Waals surface area contributed by atoms with Crippen molar-refractivity contribution in [1.29, 1.82) is 0 Å². The lowest BCUT2D eigenvalue weighted by Crippen LogP contribution is -2.47. The topological polar surface area (TPSA) is 57.7 Å². The van der Waals surface area contributed by atoms with Crippen LogP contribution < -0.4 is 0 Å². The van der Waals surface area contributed by atoms with Gasteiger partial charge in [0.15, 0.2) is 5.54 Å². The van der Waals surface area contributed by atoms with Crippen LogP contribution in [-0.2, 0) is 16.9 Å². The number of hydrogen-bond acceptors (Lipinski definition) is 3. The van der Waals surface area contributed by atoms with E-state index in [1.807, 2.05) is 121 Å². The minimum absolute atomic E-state index is 0.147. The zero-order chi connectivity index (χ0) is 26.1. The third-order valence-corrected chi connectivity index (χ3v) is 7.13. The molecule has 38 heavy (non-hydrogen) atoms. The second kappa shape index (κ2) is 9.45. The van der Waals surface area contributed by atoms with Crippen molar-refractivity contribution in [3.05, 3.63) is 156 Å². The molecule has 5 nitrogen and oxygen atoms in total. The molecule has 1 aliphatic rings. The Morgan fingerprint density at radius 2 is 1.13 bits per heavy atom. The predicted octanol–water partition coefficient (Wildman–Crippen LogP) is 6.39. The second-order valence-electron chi connectivity index (χ2n) is 9.27. The highest BCUT2D eigenvalue weighted by molar-refractivity contribution is 6.25. The van der Waals surface area contributed by atoms with Crippen molar-refractivity contribution in [2.45, 2.75) is 12.1 Å². The summed E-state index contributed by atoms with van der Waals surface area (Å²) in [7, 11) is 0. The first-order chi connectivity index (χ1) is 18.6. The maximum Gasteiger partial charge on any atom is 0.335 e. The molecule has 0 saturated carbocycles. The van der Waals surface area contributed by atoms with Gasteiger partial charge in [-0.1, -0.05) is 127 Å². The standard InChI is InChI=1S/C33H24N2O3/c36-30(29-22-12-16-25-15-10-11-21-28(25)29)35-31(37)33(26-17-6-2-7-18-26,27-19-8-3-9-20-27)34(32(35)38)23-24-13-4-1-5-14-24/h1-22H,23H2. The summed E-state index contributed by atoms with van der Waals surface area (Å²) < 4.78 is 0. The SMILES string of the molecule is O=C(c1cccc2ccccc12)N1C(=O)N(Cc2ccccc2)C(c2ccccc2)(c2ccccc2)C1=O. The average molecular weight is 497 g/mol. The highest BCUT2D eigenvalue weighted by Gasteiger charge is 2.61. The molecule has 0 atom stereocenters. The van der Waals surface area contributed by atoms with Crippen LogP contribution in [0.4, 0.5) is 4.79 Å². The van der Waals surface area contributed by atoms with Crippen LogP contribution in [0.25, 0.3) is 10.8 Å². The number of imide groups is 3. The van der Waals surface area contributed by atoms with Crippen molar-refractivity contribution in [2.24, 2.45) is 0 Å².